The van der Waals surface area contributed by atoms with E-state index in [1.807, 2.05) is 0 Å². The van der Waals surface area contributed by atoms with Gasteiger partial charge in [0.05, 0.1) is 10.6 Å². The number of carbonyl (C=O) groups excluding carboxylic acids is 3. The largest absolute Gasteiger partial charge is 0.439 e. The molecule has 1 aromatic heterocycles. The molecule has 0 spiro atoms. The van der Waals surface area contributed by atoms with Crippen LogP contribution < -0.4 is 15.0 Å². The quantitative estimate of drug-likeness (QED) is 0.260. The molecule has 0 saturated carbocycles. The summed E-state index contributed by atoms with van der Waals surface area (Å²) in [5, 5.41) is 13.2. The fourth-order valence-electron chi connectivity index (χ4n) is 2.97. The van der Waals surface area contributed by atoms with Crippen molar-refractivity contribution in [3.63, 3.8) is 0 Å². The van der Waals surface area contributed by atoms with Gasteiger partial charge in [-0.2, -0.15) is 0 Å². The van der Waals surface area contributed by atoms with Crippen molar-refractivity contribution in [2.45, 2.75) is 0 Å². The molecule has 1 aliphatic heterocycles. The van der Waals surface area contributed by atoms with Gasteiger partial charge < -0.3 is 4.74 Å². The Morgan fingerprint density at radius 3 is 2.45 bits per heavy atom. The van der Waals surface area contributed by atoms with Crippen molar-refractivity contribution in [3.8, 4) is 11.6 Å². The minimum absolute atomic E-state index is 0.157. The van der Waals surface area contributed by atoms with Crippen molar-refractivity contribution in [2.75, 3.05) is 4.90 Å². The number of anilines is 1. The van der Waals surface area contributed by atoms with Crippen LogP contribution in [0.2, 0.25) is 5.02 Å². The summed E-state index contributed by atoms with van der Waals surface area (Å²) in [7, 11) is 0. The van der Waals surface area contributed by atoms with Crippen molar-refractivity contribution in [1.82, 2.24) is 10.3 Å². The number of carbonyl (C=O) groups is 3. The first kappa shape index (κ1) is 21.7. The normalized spacial score (nSPS) is 14.9. The van der Waals surface area contributed by atoms with Crippen LogP contribution in [0.15, 0.2) is 72.4 Å². The van der Waals surface area contributed by atoms with Gasteiger partial charge in [0.25, 0.3) is 17.5 Å². The zero-order chi connectivity index (χ0) is 23.5. The predicted octanol–water partition coefficient (Wildman–Crippen LogP) is 4.10. The van der Waals surface area contributed by atoms with E-state index in [1.165, 1.54) is 30.3 Å². The minimum Gasteiger partial charge on any atom is -0.439 e. The number of nitrogens with zero attached hydrogens (tertiary/aromatic N) is 3. The first-order valence-electron chi connectivity index (χ1n) is 9.37. The molecule has 4 amide bonds. The monoisotopic (exact) mass is 464 g/mol. The second-order valence-corrected chi connectivity index (χ2v) is 7.16. The first-order valence-corrected chi connectivity index (χ1v) is 9.75. The van der Waals surface area contributed by atoms with Gasteiger partial charge >= 0.3 is 6.03 Å². The summed E-state index contributed by atoms with van der Waals surface area (Å²) in [6, 6.07) is 14.2. The van der Waals surface area contributed by atoms with Crippen molar-refractivity contribution < 1.29 is 24.0 Å². The summed E-state index contributed by atoms with van der Waals surface area (Å²) < 4.78 is 5.53. The summed E-state index contributed by atoms with van der Waals surface area (Å²) >= 11 is 5.95. The van der Waals surface area contributed by atoms with Gasteiger partial charge in [-0.1, -0.05) is 29.8 Å². The van der Waals surface area contributed by atoms with Gasteiger partial charge in [0, 0.05) is 17.2 Å². The molecule has 4 rings (SSSR count). The van der Waals surface area contributed by atoms with Gasteiger partial charge in [0.15, 0.2) is 0 Å². The van der Waals surface area contributed by atoms with Crippen molar-refractivity contribution in [2.24, 2.45) is 0 Å². The Morgan fingerprint density at radius 1 is 1.06 bits per heavy atom. The van der Waals surface area contributed by atoms with Gasteiger partial charge in [0.1, 0.15) is 17.5 Å². The Labute approximate surface area is 191 Å². The molecular weight excluding hydrogens is 452 g/mol. The zero-order valence-electron chi connectivity index (χ0n) is 16.6. The van der Waals surface area contributed by atoms with Crippen LogP contribution in [0.1, 0.15) is 5.56 Å². The fraction of sp³-hybridized carbons (Fsp3) is 0. The molecule has 0 unspecified atom stereocenters. The van der Waals surface area contributed by atoms with Crippen LogP contribution in [-0.4, -0.2) is 27.8 Å². The number of hydrogen-bond donors (Lipinski definition) is 1. The molecule has 11 heteroatoms. The molecule has 0 bridgehead atoms. The minimum atomic E-state index is -0.872. The van der Waals surface area contributed by atoms with Crippen LogP contribution in [0.3, 0.4) is 0 Å². The highest BCUT2D eigenvalue weighted by Crippen LogP contribution is 2.26. The second kappa shape index (κ2) is 8.89. The molecule has 33 heavy (non-hydrogen) atoms. The number of pyridine rings is 1. The third-order valence-corrected chi connectivity index (χ3v) is 4.75. The van der Waals surface area contributed by atoms with E-state index in [2.05, 4.69) is 10.3 Å². The summed E-state index contributed by atoms with van der Waals surface area (Å²) in [5.74, 6) is -1.07. The van der Waals surface area contributed by atoms with E-state index in [-0.39, 0.29) is 22.8 Å². The molecule has 1 saturated heterocycles. The van der Waals surface area contributed by atoms with Crippen LogP contribution in [-0.2, 0) is 9.59 Å². The maximum Gasteiger partial charge on any atom is 0.335 e. The van der Waals surface area contributed by atoms with E-state index in [0.717, 1.165) is 11.1 Å². The van der Waals surface area contributed by atoms with Crippen LogP contribution >= 0.6 is 11.6 Å². The van der Waals surface area contributed by atoms with Crippen LogP contribution in [0.5, 0.6) is 11.6 Å². The topological polar surface area (TPSA) is 132 Å². The molecule has 1 N–H and O–H groups in total. The van der Waals surface area contributed by atoms with Gasteiger partial charge in [-0.25, -0.2) is 14.7 Å². The number of halogens is 1. The Morgan fingerprint density at radius 2 is 1.82 bits per heavy atom. The Balaban J connectivity index is 1.54. The lowest BCUT2D eigenvalue weighted by Crippen LogP contribution is -2.54. The molecule has 1 aliphatic rings. The third-order valence-electron chi connectivity index (χ3n) is 4.51. The molecule has 2 heterocycles. The van der Waals surface area contributed by atoms with Crippen molar-refractivity contribution in [3.05, 3.63) is 93.1 Å². The van der Waals surface area contributed by atoms with Gasteiger partial charge in [-0.15, -0.1) is 0 Å². The lowest BCUT2D eigenvalue weighted by Gasteiger charge is -2.26. The highest BCUT2D eigenvalue weighted by Gasteiger charge is 2.36. The highest BCUT2D eigenvalue weighted by atomic mass is 35.5. The number of aromatic nitrogens is 1. The average molecular weight is 465 g/mol. The molecular formula is C22H13ClN4O6. The van der Waals surface area contributed by atoms with Crippen LogP contribution in [0.25, 0.3) is 6.08 Å². The summed E-state index contributed by atoms with van der Waals surface area (Å²) in [6.07, 6.45) is 2.42. The van der Waals surface area contributed by atoms with E-state index in [9.17, 15) is 24.5 Å². The lowest BCUT2D eigenvalue weighted by molar-refractivity contribution is -0.385. The Bertz CT molecular complexity index is 1310. The molecule has 2 aromatic carbocycles. The number of hydrogen-bond acceptors (Lipinski definition) is 7. The van der Waals surface area contributed by atoms with Crippen molar-refractivity contribution >= 4 is 46.9 Å². The molecule has 0 atom stereocenters. The molecule has 0 radical (unpaired) electrons. The number of barbiturate groups is 1. The SMILES string of the molecule is O=C1NC(=O)N(c2cccc(Cl)c2)C(=O)/C1=C/c1ccc(Oc2ccc([N+](=O)[O-])cn2)cc1. The van der Waals surface area contributed by atoms with Gasteiger partial charge in [-0.3, -0.25) is 25.0 Å². The number of urea groups is 1. The number of nitro groups is 1. The van der Waals surface area contributed by atoms with E-state index < -0.39 is 22.8 Å². The van der Waals surface area contributed by atoms with E-state index in [4.69, 9.17) is 16.3 Å². The number of amides is 4. The van der Waals surface area contributed by atoms with Crippen LogP contribution in [0, 0.1) is 10.1 Å². The average Bonchev–Trinajstić information content (AvgIpc) is 2.78. The smallest absolute Gasteiger partial charge is 0.335 e. The lowest BCUT2D eigenvalue weighted by atomic mass is 10.1. The predicted molar refractivity (Wildman–Crippen MR) is 118 cm³/mol. The van der Waals surface area contributed by atoms with Crippen molar-refractivity contribution in [1.29, 1.82) is 0 Å². The Kier molecular flexibility index (Phi) is 5.83. The van der Waals surface area contributed by atoms with E-state index in [1.54, 1.807) is 36.4 Å². The first-order chi connectivity index (χ1) is 15.8. The van der Waals surface area contributed by atoms with E-state index in [0.29, 0.717) is 16.3 Å². The van der Waals surface area contributed by atoms with E-state index >= 15 is 0 Å². The molecule has 164 valence electrons. The number of benzene rings is 2. The Hall–Kier alpha value is -4.57. The maximum absolute atomic E-state index is 12.9. The molecule has 3 aromatic rings. The molecule has 0 aliphatic carbocycles. The standard InChI is InChI=1S/C22H13ClN4O6/c23-14-2-1-3-15(11-14)26-21(29)18(20(28)25-22(26)30)10-13-4-7-17(8-5-13)33-19-9-6-16(12-24-19)27(31)32/h1-12H,(H,25,28,30)/b18-10+. The summed E-state index contributed by atoms with van der Waals surface area (Å²) in [6.45, 7) is 0. The maximum atomic E-state index is 12.9. The summed E-state index contributed by atoms with van der Waals surface area (Å²) in [5.41, 5.74) is 0.325. The number of imide groups is 2. The second-order valence-electron chi connectivity index (χ2n) is 6.72. The van der Waals surface area contributed by atoms with Crippen LogP contribution in [0.4, 0.5) is 16.2 Å². The highest BCUT2D eigenvalue weighted by molar-refractivity contribution is 6.39. The number of ether oxygens (including phenoxy) is 1. The van der Waals surface area contributed by atoms with Gasteiger partial charge in [0.2, 0.25) is 5.88 Å². The third kappa shape index (κ3) is 4.70. The molecule has 10 nitrogen and oxygen atoms in total. The molecule has 1 fully saturated rings. The number of nitrogens with one attached hydrogen (secondary N) is 1. The van der Waals surface area contributed by atoms with Gasteiger partial charge in [-0.05, 0) is 42.0 Å². The zero-order valence-corrected chi connectivity index (χ0v) is 17.4. The fourth-order valence-corrected chi connectivity index (χ4v) is 3.15. The summed E-state index contributed by atoms with van der Waals surface area (Å²) in [4.78, 5) is 52.3. The number of rotatable bonds is 5.